The van der Waals surface area contributed by atoms with Crippen LogP contribution in [0.15, 0.2) is 80.6 Å². The molecule has 1 atom stereocenters. The number of allylic oxidation sites excluding steroid dienone is 1. The van der Waals surface area contributed by atoms with Crippen molar-refractivity contribution in [2.45, 2.75) is 19.9 Å². The quantitative estimate of drug-likeness (QED) is 0.354. The van der Waals surface area contributed by atoms with Crippen LogP contribution < -0.4 is 19.6 Å². The smallest absolute Gasteiger partial charge is 0.338 e. The Bertz CT molecular complexity index is 1500. The zero-order valence-corrected chi connectivity index (χ0v) is 21.6. The third-order valence-electron chi connectivity index (χ3n) is 5.35. The van der Waals surface area contributed by atoms with Gasteiger partial charge in [0.2, 0.25) is 0 Å². The number of phenolic OH excluding ortho intramolecular Hbond substituents is 1. The largest absolute Gasteiger partial charge is 0.507 e. The Hall–Kier alpha value is -3.43. The van der Waals surface area contributed by atoms with Crippen LogP contribution in [0.5, 0.6) is 11.5 Å². The van der Waals surface area contributed by atoms with E-state index in [1.54, 1.807) is 56.3 Å². The van der Waals surface area contributed by atoms with Crippen molar-refractivity contribution < 1.29 is 19.4 Å². The van der Waals surface area contributed by atoms with E-state index in [-0.39, 0.29) is 17.9 Å². The van der Waals surface area contributed by atoms with Crippen molar-refractivity contribution >= 4 is 39.3 Å². The molecule has 2 heterocycles. The molecule has 0 fully saturated rings. The molecule has 180 valence electrons. The molecule has 2 aromatic carbocycles. The minimum atomic E-state index is -0.701. The summed E-state index contributed by atoms with van der Waals surface area (Å²) in [6.45, 7) is 7.71. The molecule has 1 N–H and O–H groups in total. The van der Waals surface area contributed by atoms with Crippen LogP contribution in [-0.4, -0.2) is 28.9 Å². The Morgan fingerprint density at radius 2 is 2.03 bits per heavy atom. The molecule has 9 heteroatoms. The number of benzene rings is 2. The highest BCUT2D eigenvalue weighted by Gasteiger charge is 2.33. The molecule has 1 aliphatic heterocycles. The normalized spacial score (nSPS) is 15.4. The van der Waals surface area contributed by atoms with E-state index in [4.69, 9.17) is 9.47 Å². The lowest BCUT2D eigenvalue weighted by molar-refractivity contribution is -0.139. The number of hydrogen-bond acceptors (Lipinski definition) is 7. The molecule has 0 aliphatic carbocycles. The van der Waals surface area contributed by atoms with E-state index in [9.17, 15) is 14.7 Å². The zero-order valence-electron chi connectivity index (χ0n) is 19.2. The third-order valence-corrected chi connectivity index (χ3v) is 6.97. The number of hydrogen-bond donors (Lipinski definition) is 1. The van der Waals surface area contributed by atoms with Gasteiger partial charge in [0.15, 0.2) is 4.80 Å². The molecule has 1 unspecified atom stereocenters. The Balaban J connectivity index is 1.89. The number of carbonyl (C=O) groups excluding carboxylic acids is 1. The summed E-state index contributed by atoms with van der Waals surface area (Å²) in [5.41, 5.74) is 2.01. The summed E-state index contributed by atoms with van der Waals surface area (Å²) in [5, 5.41) is 9.78. The van der Waals surface area contributed by atoms with E-state index >= 15 is 0 Å². The highest BCUT2D eigenvalue weighted by atomic mass is 79.9. The molecule has 0 saturated carbocycles. The SMILES string of the molecule is C=CCOc1ccc(C2C(C(=O)OCC)=C(C)N=c3s/c(=C/c4ccc(O)c(Br)c4)c(=O)n32)cc1. The number of ether oxygens (including phenoxy) is 2. The van der Waals surface area contributed by atoms with E-state index in [1.807, 2.05) is 12.1 Å². The van der Waals surface area contributed by atoms with E-state index in [0.717, 1.165) is 11.1 Å². The van der Waals surface area contributed by atoms with Crippen LogP contribution in [0.4, 0.5) is 0 Å². The number of halogens is 1. The molecule has 1 aliphatic rings. The van der Waals surface area contributed by atoms with Gasteiger partial charge in [-0.1, -0.05) is 42.2 Å². The summed E-state index contributed by atoms with van der Waals surface area (Å²) in [5.74, 6) is 0.249. The summed E-state index contributed by atoms with van der Waals surface area (Å²) in [7, 11) is 0. The average molecular weight is 555 g/mol. The molecular formula is C26H23BrN2O5S. The fourth-order valence-electron chi connectivity index (χ4n) is 3.77. The maximum Gasteiger partial charge on any atom is 0.338 e. The minimum Gasteiger partial charge on any atom is -0.507 e. The average Bonchev–Trinajstić information content (AvgIpc) is 3.14. The van der Waals surface area contributed by atoms with E-state index < -0.39 is 12.0 Å². The van der Waals surface area contributed by atoms with Gasteiger partial charge in [-0.2, -0.15) is 0 Å². The number of aromatic hydroxyl groups is 1. The second kappa shape index (κ2) is 10.5. The van der Waals surface area contributed by atoms with Gasteiger partial charge >= 0.3 is 5.97 Å². The second-order valence-electron chi connectivity index (χ2n) is 7.68. The van der Waals surface area contributed by atoms with Crippen molar-refractivity contribution in [2.24, 2.45) is 4.99 Å². The summed E-state index contributed by atoms with van der Waals surface area (Å²) >= 11 is 4.54. The maximum atomic E-state index is 13.6. The van der Waals surface area contributed by atoms with E-state index in [0.29, 0.717) is 37.4 Å². The maximum absolute atomic E-state index is 13.6. The monoisotopic (exact) mass is 554 g/mol. The van der Waals surface area contributed by atoms with Gasteiger partial charge in [0.25, 0.3) is 5.56 Å². The van der Waals surface area contributed by atoms with Gasteiger partial charge in [-0.25, -0.2) is 9.79 Å². The number of esters is 1. The highest BCUT2D eigenvalue weighted by Crippen LogP contribution is 2.31. The Labute approximate surface area is 214 Å². The topological polar surface area (TPSA) is 90.1 Å². The second-order valence-corrected chi connectivity index (χ2v) is 9.55. The van der Waals surface area contributed by atoms with Crippen LogP contribution in [0.3, 0.4) is 0 Å². The predicted octanol–water partition coefficient (Wildman–Crippen LogP) is 3.83. The molecule has 4 rings (SSSR count). The molecule has 0 radical (unpaired) electrons. The van der Waals surface area contributed by atoms with Crippen molar-refractivity contribution in [3.8, 4) is 11.5 Å². The first kappa shape index (κ1) is 24.7. The standard InChI is InChI=1S/C26H23BrN2O5S/c1-4-12-34-18-9-7-17(8-10-18)23-22(25(32)33-5-2)15(3)28-26-29(23)24(31)21(35-26)14-16-6-11-20(30)19(27)13-16/h4,6-11,13-14,23,30H,1,5,12H2,2-3H3/b21-14+. The Kier molecular flexibility index (Phi) is 7.37. The fourth-order valence-corrected chi connectivity index (χ4v) is 5.22. The number of aromatic nitrogens is 1. The zero-order chi connectivity index (χ0) is 25.1. The molecule has 35 heavy (non-hydrogen) atoms. The fraction of sp³-hybridized carbons (Fsp3) is 0.192. The molecule has 0 saturated heterocycles. The van der Waals surface area contributed by atoms with Crippen LogP contribution in [0, 0.1) is 0 Å². The third kappa shape index (κ3) is 5.01. The first-order chi connectivity index (χ1) is 16.8. The molecule has 1 aromatic heterocycles. The predicted molar refractivity (Wildman–Crippen MR) is 138 cm³/mol. The summed E-state index contributed by atoms with van der Waals surface area (Å²) in [6.07, 6.45) is 3.39. The number of rotatable bonds is 7. The Morgan fingerprint density at radius 1 is 1.29 bits per heavy atom. The van der Waals surface area contributed by atoms with Crippen LogP contribution in [0.25, 0.3) is 6.08 Å². The Morgan fingerprint density at radius 3 is 2.69 bits per heavy atom. The van der Waals surface area contributed by atoms with Gasteiger partial charge in [-0.05, 0) is 71.2 Å². The molecule has 0 spiro atoms. The molecule has 0 bridgehead atoms. The van der Waals surface area contributed by atoms with Gasteiger partial charge in [0.1, 0.15) is 18.1 Å². The van der Waals surface area contributed by atoms with Gasteiger partial charge in [0.05, 0.1) is 32.9 Å². The van der Waals surface area contributed by atoms with E-state index in [1.165, 1.54) is 15.9 Å². The lowest BCUT2D eigenvalue weighted by Gasteiger charge is -2.24. The van der Waals surface area contributed by atoms with E-state index in [2.05, 4.69) is 27.5 Å². The first-order valence-electron chi connectivity index (χ1n) is 10.9. The first-order valence-corrected chi connectivity index (χ1v) is 12.5. The summed E-state index contributed by atoms with van der Waals surface area (Å²) < 4.78 is 13.4. The minimum absolute atomic E-state index is 0.110. The van der Waals surface area contributed by atoms with Gasteiger partial charge in [0, 0.05) is 0 Å². The van der Waals surface area contributed by atoms with Crippen molar-refractivity contribution in [3.63, 3.8) is 0 Å². The van der Waals surface area contributed by atoms with Crippen molar-refractivity contribution in [2.75, 3.05) is 13.2 Å². The van der Waals surface area contributed by atoms with Crippen LogP contribution in [0.1, 0.15) is 31.0 Å². The van der Waals surface area contributed by atoms with Crippen molar-refractivity contribution in [1.29, 1.82) is 0 Å². The van der Waals surface area contributed by atoms with Crippen molar-refractivity contribution in [3.05, 3.63) is 102 Å². The molecular weight excluding hydrogens is 532 g/mol. The summed E-state index contributed by atoms with van der Waals surface area (Å²) in [6, 6.07) is 11.5. The molecule has 7 nitrogen and oxygen atoms in total. The lowest BCUT2D eigenvalue weighted by Crippen LogP contribution is -2.39. The van der Waals surface area contributed by atoms with Gasteiger partial charge < -0.3 is 14.6 Å². The van der Waals surface area contributed by atoms with Gasteiger partial charge in [-0.15, -0.1) is 0 Å². The van der Waals surface area contributed by atoms with Crippen molar-refractivity contribution in [1.82, 2.24) is 4.57 Å². The number of nitrogens with zero attached hydrogens (tertiary/aromatic N) is 2. The summed E-state index contributed by atoms with van der Waals surface area (Å²) in [4.78, 5) is 31.6. The number of phenols is 1. The number of thiazole rings is 1. The highest BCUT2D eigenvalue weighted by molar-refractivity contribution is 9.10. The number of fused-ring (bicyclic) bond motifs is 1. The lowest BCUT2D eigenvalue weighted by atomic mass is 9.96. The molecule has 0 amide bonds. The number of carbonyl (C=O) groups is 1. The van der Waals surface area contributed by atoms with Crippen LogP contribution >= 0.6 is 27.3 Å². The van der Waals surface area contributed by atoms with Crippen LogP contribution in [0.2, 0.25) is 0 Å². The molecule has 3 aromatic rings. The van der Waals surface area contributed by atoms with Gasteiger partial charge in [-0.3, -0.25) is 9.36 Å². The van der Waals surface area contributed by atoms with Crippen LogP contribution in [-0.2, 0) is 9.53 Å².